The van der Waals surface area contributed by atoms with E-state index in [0.717, 1.165) is 6.07 Å². The molecule has 0 aliphatic heterocycles. The van der Waals surface area contributed by atoms with Gasteiger partial charge in [-0.25, -0.2) is 12.8 Å². The number of halogens is 2. The quantitative estimate of drug-likeness (QED) is 0.832. The summed E-state index contributed by atoms with van der Waals surface area (Å²) in [6.07, 6.45) is 0. The summed E-state index contributed by atoms with van der Waals surface area (Å²) in [5, 5.41) is -1.16. The van der Waals surface area contributed by atoms with Crippen molar-refractivity contribution in [1.29, 1.82) is 0 Å². The van der Waals surface area contributed by atoms with Crippen molar-refractivity contribution in [2.75, 3.05) is 4.72 Å². The van der Waals surface area contributed by atoms with E-state index in [1.807, 2.05) is 4.72 Å². The van der Waals surface area contributed by atoms with E-state index in [1.54, 1.807) is 0 Å². The third kappa shape index (κ3) is 3.27. The summed E-state index contributed by atoms with van der Waals surface area (Å²) in [6.45, 7) is 1.30. The van der Waals surface area contributed by atoms with Gasteiger partial charge in [-0.1, -0.05) is 29.9 Å². The van der Waals surface area contributed by atoms with Crippen LogP contribution in [0.2, 0.25) is 5.02 Å². The lowest BCUT2D eigenvalue weighted by Crippen LogP contribution is -2.35. The number of anilines is 1. The molecule has 0 aliphatic rings. The van der Waals surface area contributed by atoms with Gasteiger partial charge in [0.1, 0.15) is 16.8 Å². The fourth-order valence-electron chi connectivity index (χ4n) is 0.979. The first-order chi connectivity index (χ1) is 7.75. The van der Waals surface area contributed by atoms with Crippen molar-refractivity contribution in [3.8, 4) is 0 Å². The maximum atomic E-state index is 13.4. The van der Waals surface area contributed by atoms with E-state index in [1.165, 1.54) is 19.1 Å². The lowest BCUT2D eigenvalue weighted by molar-refractivity contribution is 0.596. The van der Waals surface area contributed by atoms with Crippen LogP contribution in [-0.4, -0.2) is 18.7 Å². The number of sulfonamides is 1. The monoisotopic (exact) mass is 296 g/mol. The van der Waals surface area contributed by atoms with Crippen LogP contribution in [0.5, 0.6) is 0 Å². The van der Waals surface area contributed by atoms with Gasteiger partial charge in [-0.05, 0) is 19.1 Å². The predicted octanol–water partition coefficient (Wildman–Crippen LogP) is 1.90. The summed E-state index contributed by atoms with van der Waals surface area (Å²) < 4.78 is 38.9. The first-order valence-corrected chi connectivity index (χ1v) is 6.84. The van der Waals surface area contributed by atoms with Crippen LogP contribution in [0.3, 0.4) is 0 Å². The molecule has 1 unspecified atom stereocenters. The summed E-state index contributed by atoms with van der Waals surface area (Å²) in [5.74, 6) is -0.767. The smallest absolute Gasteiger partial charge is 0.242 e. The van der Waals surface area contributed by atoms with E-state index < -0.39 is 21.1 Å². The van der Waals surface area contributed by atoms with E-state index in [0.29, 0.717) is 0 Å². The lowest BCUT2D eigenvalue weighted by Gasteiger charge is -2.14. The van der Waals surface area contributed by atoms with Gasteiger partial charge in [-0.15, -0.1) is 0 Å². The molecule has 0 saturated heterocycles. The molecule has 0 saturated carbocycles. The Kier molecular flexibility index (Phi) is 4.29. The lowest BCUT2D eigenvalue weighted by atomic mass is 10.3. The van der Waals surface area contributed by atoms with Crippen molar-refractivity contribution in [3.05, 3.63) is 29.0 Å². The molecule has 0 aliphatic carbocycles. The highest BCUT2D eigenvalue weighted by molar-refractivity contribution is 7.95. The fraction of sp³-hybridized carbons (Fsp3) is 0.222. The molecule has 4 nitrogen and oxygen atoms in total. The van der Waals surface area contributed by atoms with Crippen LogP contribution < -0.4 is 10.5 Å². The van der Waals surface area contributed by atoms with Crippen LogP contribution in [0.15, 0.2) is 18.2 Å². The van der Waals surface area contributed by atoms with Gasteiger partial charge >= 0.3 is 0 Å². The minimum Gasteiger partial charge on any atom is -0.392 e. The van der Waals surface area contributed by atoms with Crippen LogP contribution in [0.1, 0.15) is 6.92 Å². The normalized spacial score (nSPS) is 13.1. The molecule has 0 amide bonds. The molecule has 0 fully saturated rings. The molecule has 0 heterocycles. The number of thiocarbonyl (C=S) groups is 1. The Labute approximate surface area is 109 Å². The van der Waals surface area contributed by atoms with Gasteiger partial charge < -0.3 is 5.73 Å². The summed E-state index contributed by atoms with van der Waals surface area (Å²) in [7, 11) is -3.90. The minimum absolute atomic E-state index is 0.0382. The molecule has 1 aromatic carbocycles. The zero-order valence-electron chi connectivity index (χ0n) is 8.78. The number of rotatable bonds is 4. The average molecular weight is 297 g/mol. The van der Waals surface area contributed by atoms with Crippen LogP contribution in [0.25, 0.3) is 0 Å². The molecule has 1 rings (SSSR count). The van der Waals surface area contributed by atoms with Gasteiger partial charge in [0.15, 0.2) is 0 Å². The Bertz CT molecular complexity index is 528. The van der Waals surface area contributed by atoms with E-state index in [4.69, 9.17) is 17.3 Å². The third-order valence-corrected chi connectivity index (χ3v) is 4.56. The maximum Gasteiger partial charge on any atom is 0.242 e. The van der Waals surface area contributed by atoms with Crippen LogP contribution in [0.4, 0.5) is 10.1 Å². The maximum absolute atomic E-state index is 13.4. The minimum atomic E-state index is -3.90. The van der Waals surface area contributed by atoms with Crippen molar-refractivity contribution in [2.45, 2.75) is 12.2 Å². The van der Waals surface area contributed by atoms with E-state index >= 15 is 0 Å². The third-order valence-electron chi connectivity index (χ3n) is 2.07. The molecule has 0 bridgehead atoms. The first kappa shape index (κ1) is 14.1. The topological polar surface area (TPSA) is 72.2 Å². The highest BCUT2D eigenvalue weighted by Crippen LogP contribution is 2.26. The molecule has 1 atom stereocenters. The van der Waals surface area contributed by atoms with Gasteiger partial charge in [0.05, 0.1) is 10.0 Å². The summed E-state index contributed by atoms with van der Waals surface area (Å²) in [4.78, 5) is -0.204. The van der Waals surface area contributed by atoms with Crippen molar-refractivity contribution in [1.82, 2.24) is 0 Å². The highest BCUT2D eigenvalue weighted by atomic mass is 35.5. The Morgan fingerprint density at radius 3 is 2.65 bits per heavy atom. The predicted molar refractivity (Wildman–Crippen MR) is 70.2 cm³/mol. The number of nitrogens with one attached hydrogen (secondary N) is 1. The summed E-state index contributed by atoms with van der Waals surface area (Å²) in [5.41, 5.74) is 4.93. The second kappa shape index (κ2) is 5.16. The molecule has 0 aromatic heterocycles. The molecular formula is C9H10ClFN2O2S2. The zero-order valence-corrected chi connectivity index (χ0v) is 11.2. The molecule has 94 valence electrons. The SMILES string of the molecule is CC(C(N)=S)S(=O)(=O)Nc1c(F)cccc1Cl. The van der Waals surface area contributed by atoms with Gasteiger partial charge in [0.2, 0.25) is 10.0 Å². The fourth-order valence-corrected chi connectivity index (χ4v) is 2.60. The second-order valence-electron chi connectivity index (χ2n) is 3.29. The molecule has 8 heteroatoms. The van der Waals surface area contributed by atoms with Crippen molar-refractivity contribution in [3.63, 3.8) is 0 Å². The number of benzene rings is 1. The Morgan fingerprint density at radius 1 is 1.59 bits per heavy atom. The van der Waals surface area contributed by atoms with Gasteiger partial charge in [0.25, 0.3) is 0 Å². The van der Waals surface area contributed by atoms with Gasteiger partial charge in [-0.2, -0.15) is 0 Å². The van der Waals surface area contributed by atoms with Crippen molar-refractivity contribution < 1.29 is 12.8 Å². The Hall–Kier alpha value is -0.920. The zero-order chi connectivity index (χ0) is 13.2. The molecule has 0 radical (unpaired) electrons. The molecule has 17 heavy (non-hydrogen) atoms. The number of para-hydroxylation sites is 1. The standard InChI is InChI=1S/C9H10ClFN2O2S2/c1-5(9(12)16)17(14,15)13-8-6(10)3-2-4-7(8)11/h2-5,13H,1H3,(H2,12,16). The molecule has 3 N–H and O–H groups in total. The molecule has 1 aromatic rings. The van der Waals surface area contributed by atoms with E-state index in [9.17, 15) is 12.8 Å². The average Bonchev–Trinajstić information content (AvgIpc) is 2.22. The van der Waals surface area contributed by atoms with E-state index in [-0.39, 0.29) is 15.7 Å². The van der Waals surface area contributed by atoms with E-state index in [2.05, 4.69) is 12.2 Å². The highest BCUT2D eigenvalue weighted by Gasteiger charge is 2.25. The largest absolute Gasteiger partial charge is 0.392 e. The van der Waals surface area contributed by atoms with Crippen LogP contribution >= 0.6 is 23.8 Å². The molecule has 0 spiro atoms. The Morgan fingerprint density at radius 2 is 2.18 bits per heavy atom. The summed E-state index contributed by atoms with van der Waals surface area (Å²) in [6, 6.07) is 3.83. The van der Waals surface area contributed by atoms with Crippen LogP contribution in [-0.2, 0) is 10.0 Å². The van der Waals surface area contributed by atoms with Crippen molar-refractivity contribution >= 4 is 44.5 Å². The number of nitrogens with two attached hydrogens (primary N) is 1. The Balaban J connectivity index is 3.11. The first-order valence-electron chi connectivity index (χ1n) is 4.50. The second-order valence-corrected chi connectivity index (χ2v) is 6.17. The molecular weight excluding hydrogens is 287 g/mol. The van der Waals surface area contributed by atoms with Gasteiger partial charge in [0, 0.05) is 0 Å². The van der Waals surface area contributed by atoms with Crippen LogP contribution in [0, 0.1) is 5.82 Å². The van der Waals surface area contributed by atoms with Gasteiger partial charge in [-0.3, -0.25) is 4.72 Å². The number of hydrogen-bond acceptors (Lipinski definition) is 3. The number of hydrogen-bond donors (Lipinski definition) is 2. The van der Waals surface area contributed by atoms with Crippen molar-refractivity contribution in [2.24, 2.45) is 5.73 Å². The summed E-state index contributed by atoms with van der Waals surface area (Å²) >= 11 is 10.3.